The van der Waals surface area contributed by atoms with Crippen LogP contribution in [0.4, 0.5) is 5.69 Å². The maximum absolute atomic E-state index is 12.7. The van der Waals surface area contributed by atoms with Crippen molar-refractivity contribution < 1.29 is 19.2 Å². The van der Waals surface area contributed by atoms with Gasteiger partial charge in [-0.3, -0.25) is 10.1 Å². The summed E-state index contributed by atoms with van der Waals surface area (Å²) < 4.78 is 10.1. The lowest BCUT2D eigenvalue weighted by atomic mass is 9.94. The number of ether oxygens (including phenoxy) is 2. The van der Waals surface area contributed by atoms with E-state index in [4.69, 9.17) is 9.47 Å². The average Bonchev–Trinajstić information content (AvgIpc) is 3.10. The molecule has 0 fully saturated rings. The number of rotatable bonds is 4. The van der Waals surface area contributed by atoms with E-state index >= 15 is 0 Å². The maximum Gasteiger partial charge on any atom is 0.340 e. The number of nitrogens with zero attached hydrogens (tertiary/aromatic N) is 1. The largest absolute Gasteiger partial charge is 0.497 e. The average molecular weight is 376 g/mol. The zero-order valence-corrected chi connectivity index (χ0v) is 15.2. The maximum atomic E-state index is 12.7. The quantitative estimate of drug-likeness (QED) is 0.317. The van der Waals surface area contributed by atoms with Crippen molar-refractivity contribution in [2.75, 3.05) is 14.2 Å². The standard InChI is InChI=1S/C21H16N2O5/c1-27-13-9-7-12(8-10-13)18-17(23(25)26)11-15-14-5-3-4-6-16(14)22-20(15)19(18)21(24)28-2/h3-11,22H,1-2H3. The minimum absolute atomic E-state index is 0.132. The van der Waals surface area contributed by atoms with E-state index in [9.17, 15) is 14.9 Å². The van der Waals surface area contributed by atoms with Gasteiger partial charge < -0.3 is 14.5 Å². The lowest BCUT2D eigenvalue weighted by Gasteiger charge is -2.11. The van der Waals surface area contributed by atoms with Gasteiger partial charge in [-0.15, -0.1) is 0 Å². The van der Waals surface area contributed by atoms with Gasteiger partial charge in [-0.05, 0) is 23.8 Å². The number of methoxy groups -OCH3 is 2. The van der Waals surface area contributed by atoms with Crippen LogP contribution in [-0.2, 0) is 4.74 Å². The highest BCUT2D eigenvalue weighted by Gasteiger charge is 2.29. The molecule has 4 aromatic rings. The number of aromatic amines is 1. The first-order chi connectivity index (χ1) is 13.5. The third kappa shape index (κ3) is 2.64. The Bertz CT molecular complexity index is 1230. The van der Waals surface area contributed by atoms with Gasteiger partial charge in [0, 0.05) is 22.4 Å². The number of nitrogens with one attached hydrogen (secondary N) is 1. The number of benzene rings is 3. The molecule has 0 aliphatic heterocycles. The van der Waals surface area contributed by atoms with Crippen molar-refractivity contribution >= 4 is 33.5 Å². The number of hydrogen-bond acceptors (Lipinski definition) is 5. The Morgan fingerprint density at radius 1 is 1.04 bits per heavy atom. The number of carbonyl (C=O) groups is 1. The molecule has 0 atom stereocenters. The lowest BCUT2D eigenvalue weighted by Crippen LogP contribution is -2.07. The fraction of sp³-hybridized carbons (Fsp3) is 0.0952. The van der Waals surface area contributed by atoms with Gasteiger partial charge in [0.1, 0.15) is 5.75 Å². The number of para-hydroxylation sites is 1. The van der Waals surface area contributed by atoms with Crippen molar-refractivity contribution in [2.45, 2.75) is 0 Å². The Hall–Kier alpha value is -3.87. The number of carbonyl (C=O) groups excluding carboxylic acids is 1. The monoisotopic (exact) mass is 376 g/mol. The Labute approximate surface area is 159 Å². The second-order valence-corrected chi connectivity index (χ2v) is 6.22. The van der Waals surface area contributed by atoms with Crippen LogP contribution in [0.1, 0.15) is 10.4 Å². The van der Waals surface area contributed by atoms with E-state index < -0.39 is 10.9 Å². The molecule has 1 heterocycles. The zero-order chi connectivity index (χ0) is 19.8. The molecule has 3 aromatic carbocycles. The normalized spacial score (nSPS) is 10.9. The first kappa shape index (κ1) is 17.5. The number of hydrogen-bond donors (Lipinski definition) is 1. The molecule has 0 spiro atoms. The van der Waals surface area contributed by atoms with Gasteiger partial charge in [-0.2, -0.15) is 0 Å². The Kier molecular flexibility index (Phi) is 4.19. The van der Waals surface area contributed by atoms with E-state index in [0.29, 0.717) is 22.2 Å². The van der Waals surface area contributed by atoms with Crippen molar-refractivity contribution in [1.29, 1.82) is 0 Å². The van der Waals surface area contributed by atoms with Crippen LogP contribution in [0.25, 0.3) is 32.9 Å². The molecular formula is C21H16N2O5. The third-order valence-corrected chi connectivity index (χ3v) is 4.75. The number of nitro groups is 1. The highest BCUT2D eigenvalue weighted by Crippen LogP contribution is 2.41. The Balaban J connectivity index is 2.16. The second kappa shape index (κ2) is 6.70. The predicted octanol–water partition coefficient (Wildman–Crippen LogP) is 4.69. The summed E-state index contributed by atoms with van der Waals surface area (Å²) in [5.41, 5.74) is 1.98. The number of nitro benzene ring substituents is 1. The van der Waals surface area contributed by atoms with Gasteiger partial charge in [0.05, 0.1) is 35.8 Å². The highest BCUT2D eigenvalue weighted by molar-refractivity contribution is 6.18. The SMILES string of the molecule is COC(=O)c1c(-c2ccc(OC)cc2)c([N+](=O)[O-])cc2c1[nH]c1ccccc12. The molecule has 0 aliphatic rings. The van der Waals surface area contributed by atoms with E-state index in [1.165, 1.54) is 20.3 Å². The first-order valence-electron chi connectivity index (χ1n) is 8.49. The molecule has 7 nitrogen and oxygen atoms in total. The fourth-order valence-corrected chi connectivity index (χ4v) is 3.47. The van der Waals surface area contributed by atoms with E-state index in [-0.39, 0.29) is 16.8 Å². The van der Waals surface area contributed by atoms with Gasteiger partial charge >= 0.3 is 5.97 Å². The molecule has 0 saturated carbocycles. The highest BCUT2D eigenvalue weighted by atomic mass is 16.6. The van der Waals surface area contributed by atoms with Gasteiger partial charge in [0.25, 0.3) is 5.69 Å². The number of aromatic nitrogens is 1. The van der Waals surface area contributed by atoms with Crippen LogP contribution in [0.5, 0.6) is 5.75 Å². The summed E-state index contributed by atoms with van der Waals surface area (Å²) in [7, 11) is 2.79. The van der Waals surface area contributed by atoms with Crippen molar-refractivity contribution in [3.8, 4) is 16.9 Å². The van der Waals surface area contributed by atoms with Crippen LogP contribution < -0.4 is 4.74 Å². The van der Waals surface area contributed by atoms with Crippen LogP contribution in [0.3, 0.4) is 0 Å². The second-order valence-electron chi connectivity index (χ2n) is 6.22. The van der Waals surface area contributed by atoms with Crippen LogP contribution in [0, 0.1) is 10.1 Å². The number of esters is 1. The van der Waals surface area contributed by atoms with Crippen LogP contribution in [0.2, 0.25) is 0 Å². The summed E-state index contributed by atoms with van der Waals surface area (Å²) in [6.45, 7) is 0. The molecule has 140 valence electrons. The Morgan fingerprint density at radius 2 is 1.75 bits per heavy atom. The predicted molar refractivity (Wildman–Crippen MR) is 106 cm³/mol. The molecule has 0 amide bonds. The molecule has 0 bridgehead atoms. The molecule has 7 heteroatoms. The van der Waals surface area contributed by atoms with Crippen molar-refractivity contribution in [2.24, 2.45) is 0 Å². The molecule has 0 unspecified atom stereocenters. The number of H-pyrrole nitrogens is 1. The minimum atomic E-state index is -0.647. The summed E-state index contributed by atoms with van der Waals surface area (Å²) in [6, 6.07) is 15.7. The van der Waals surface area contributed by atoms with Crippen molar-refractivity contribution in [3.63, 3.8) is 0 Å². The third-order valence-electron chi connectivity index (χ3n) is 4.75. The molecule has 0 saturated heterocycles. The molecule has 28 heavy (non-hydrogen) atoms. The van der Waals surface area contributed by atoms with Crippen molar-refractivity contribution in [1.82, 2.24) is 4.98 Å². The fourth-order valence-electron chi connectivity index (χ4n) is 3.47. The van der Waals surface area contributed by atoms with E-state index in [2.05, 4.69) is 4.98 Å². The zero-order valence-electron chi connectivity index (χ0n) is 15.2. The van der Waals surface area contributed by atoms with Crippen molar-refractivity contribution in [3.05, 3.63) is 70.3 Å². The molecular weight excluding hydrogens is 360 g/mol. The molecule has 4 rings (SSSR count). The van der Waals surface area contributed by atoms with Gasteiger partial charge in [0.2, 0.25) is 0 Å². The molecule has 1 N–H and O–H groups in total. The molecule has 1 aromatic heterocycles. The minimum Gasteiger partial charge on any atom is -0.497 e. The Morgan fingerprint density at radius 3 is 2.39 bits per heavy atom. The van der Waals surface area contributed by atoms with E-state index in [1.54, 1.807) is 24.3 Å². The first-order valence-corrected chi connectivity index (χ1v) is 8.49. The number of fused-ring (bicyclic) bond motifs is 3. The smallest absolute Gasteiger partial charge is 0.340 e. The summed E-state index contributed by atoms with van der Waals surface area (Å²) in [5, 5.41) is 13.3. The topological polar surface area (TPSA) is 94.5 Å². The van der Waals surface area contributed by atoms with E-state index in [0.717, 1.165) is 10.9 Å². The van der Waals surface area contributed by atoms with Crippen LogP contribution >= 0.6 is 0 Å². The summed E-state index contributed by atoms with van der Waals surface area (Å²) in [4.78, 5) is 27.3. The molecule has 0 radical (unpaired) electrons. The summed E-state index contributed by atoms with van der Waals surface area (Å²) in [6.07, 6.45) is 0. The van der Waals surface area contributed by atoms with Gasteiger partial charge in [0.15, 0.2) is 0 Å². The van der Waals surface area contributed by atoms with Gasteiger partial charge in [-0.1, -0.05) is 30.3 Å². The van der Waals surface area contributed by atoms with Gasteiger partial charge in [-0.25, -0.2) is 4.79 Å². The van der Waals surface area contributed by atoms with E-state index in [1.807, 2.05) is 24.3 Å². The lowest BCUT2D eigenvalue weighted by molar-refractivity contribution is -0.384. The van der Waals surface area contributed by atoms with Crippen LogP contribution in [0.15, 0.2) is 54.6 Å². The summed E-state index contributed by atoms with van der Waals surface area (Å²) >= 11 is 0. The van der Waals surface area contributed by atoms with Crippen LogP contribution in [-0.4, -0.2) is 30.1 Å². The molecule has 0 aliphatic carbocycles. The summed E-state index contributed by atoms with van der Waals surface area (Å²) in [5.74, 6) is -0.0382.